The molecule has 0 radical (unpaired) electrons. The van der Waals surface area contributed by atoms with E-state index in [0.717, 1.165) is 19.3 Å². The van der Waals surface area contributed by atoms with Crippen LogP contribution in [-0.2, 0) is 9.22 Å². The molecular weight excluding hydrogens is 372 g/mol. The highest BCUT2D eigenvalue weighted by atomic mass is 28.4. The molecule has 0 aromatic heterocycles. The zero-order valence-electron chi connectivity index (χ0n) is 18.7. The second-order valence-corrected chi connectivity index (χ2v) is 14.2. The molecule has 1 saturated carbocycles. The number of carbonyl (C=O) groups is 1. The van der Waals surface area contributed by atoms with Crippen molar-refractivity contribution in [3.8, 4) is 0 Å². The van der Waals surface area contributed by atoms with Crippen LogP contribution in [0.5, 0.6) is 0 Å². The summed E-state index contributed by atoms with van der Waals surface area (Å²) in [6.45, 7) is 12.0. The van der Waals surface area contributed by atoms with Crippen molar-refractivity contribution in [3.05, 3.63) is 60.7 Å². The molecule has 29 heavy (non-hydrogen) atoms. The van der Waals surface area contributed by atoms with Gasteiger partial charge in [-0.1, -0.05) is 95.3 Å². The molecule has 0 heterocycles. The van der Waals surface area contributed by atoms with Crippen LogP contribution >= 0.6 is 0 Å². The number of ketones is 1. The first-order valence-corrected chi connectivity index (χ1v) is 12.9. The lowest BCUT2D eigenvalue weighted by atomic mass is 9.76. The van der Waals surface area contributed by atoms with Crippen molar-refractivity contribution in [1.82, 2.24) is 0 Å². The summed E-state index contributed by atoms with van der Waals surface area (Å²) >= 11 is 0. The Morgan fingerprint density at radius 2 is 1.52 bits per heavy atom. The average molecular weight is 409 g/mol. The molecule has 3 heteroatoms. The summed E-state index contributed by atoms with van der Waals surface area (Å²) < 4.78 is 7.05. The van der Waals surface area contributed by atoms with Crippen LogP contribution in [0.25, 0.3) is 0 Å². The molecule has 3 atom stereocenters. The molecule has 0 saturated heterocycles. The van der Waals surface area contributed by atoms with Crippen molar-refractivity contribution in [2.45, 2.75) is 58.9 Å². The fourth-order valence-corrected chi connectivity index (χ4v) is 9.61. The average Bonchev–Trinajstić information content (AvgIpc) is 2.70. The Bertz CT molecular complexity index is 755. The molecule has 1 aliphatic carbocycles. The summed E-state index contributed by atoms with van der Waals surface area (Å²) in [5, 5.41) is 2.57. The standard InChI is InChI=1S/C26H36O2Si/c1-20-16-17-25(27)24(18-20)21(2)19-28-29(26(3,4)5,22-12-8-6-9-13-22)23-14-10-7-11-15-23/h6-15,20-21,24H,16-19H2,1-5H3/t20-,21+,24+/m1/s1. The van der Waals surface area contributed by atoms with E-state index in [1.165, 1.54) is 10.4 Å². The molecule has 1 fully saturated rings. The van der Waals surface area contributed by atoms with Gasteiger partial charge in [0.15, 0.2) is 0 Å². The van der Waals surface area contributed by atoms with Crippen LogP contribution in [0.1, 0.15) is 53.9 Å². The predicted octanol–water partition coefficient (Wildman–Crippen LogP) is 5.20. The lowest BCUT2D eigenvalue weighted by molar-refractivity contribution is -0.127. The molecule has 2 aromatic carbocycles. The van der Waals surface area contributed by atoms with Crippen molar-refractivity contribution in [3.63, 3.8) is 0 Å². The predicted molar refractivity (Wildman–Crippen MR) is 124 cm³/mol. The van der Waals surface area contributed by atoms with Crippen LogP contribution in [0.2, 0.25) is 5.04 Å². The van der Waals surface area contributed by atoms with E-state index in [-0.39, 0.29) is 16.9 Å². The van der Waals surface area contributed by atoms with Crippen LogP contribution in [0.3, 0.4) is 0 Å². The van der Waals surface area contributed by atoms with Gasteiger partial charge in [-0.2, -0.15) is 0 Å². The van der Waals surface area contributed by atoms with Gasteiger partial charge < -0.3 is 4.43 Å². The summed E-state index contributed by atoms with van der Waals surface area (Å²) in [5.74, 6) is 1.44. The third-order valence-electron chi connectivity index (χ3n) is 6.62. The Balaban J connectivity index is 1.97. The second kappa shape index (κ2) is 8.97. The Morgan fingerprint density at radius 3 is 2.00 bits per heavy atom. The molecule has 0 spiro atoms. The summed E-state index contributed by atoms with van der Waals surface area (Å²) in [5.41, 5.74) is 0. The lowest BCUT2D eigenvalue weighted by Crippen LogP contribution is -2.67. The number of rotatable bonds is 6. The minimum Gasteiger partial charge on any atom is -0.407 e. The number of carbonyl (C=O) groups excluding carboxylic acids is 1. The third kappa shape index (κ3) is 4.56. The van der Waals surface area contributed by atoms with E-state index < -0.39 is 8.32 Å². The van der Waals surface area contributed by atoms with E-state index in [2.05, 4.69) is 95.3 Å². The van der Waals surface area contributed by atoms with Gasteiger partial charge in [0, 0.05) is 18.9 Å². The third-order valence-corrected chi connectivity index (χ3v) is 11.6. The molecule has 1 aliphatic rings. The Labute approximate surface area is 177 Å². The minimum atomic E-state index is -2.53. The zero-order chi connectivity index (χ0) is 21.1. The topological polar surface area (TPSA) is 26.3 Å². The van der Waals surface area contributed by atoms with Crippen LogP contribution < -0.4 is 10.4 Å². The van der Waals surface area contributed by atoms with E-state index in [4.69, 9.17) is 4.43 Å². The van der Waals surface area contributed by atoms with E-state index >= 15 is 0 Å². The highest BCUT2D eigenvalue weighted by molar-refractivity contribution is 6.99. The normalized spacial score (nSPS) is 21.8. The van der Waals surface area contributed by atoms with Gasteiger partial charge in [0.05, 0.1) is 0 Å². The number of hydrogen-bond acceptors (Lipinski definition) is 2. The van der Waals surface area contributed by atoms with Crippen LogP contribution in [0.15, 0.2) is 60.7 Å². The molecule has 2 aromatic rings. The second-order valence-electron chi connectivity index (χ2n) is 9.90. The fraction of sp³-hybridized carbons (Fsp3) is 0.500. The van der Waals surface area contributed by atoms with Gasteiger partial charge in [-0.3, -0.25) is 4.79 Å². The monoisotopic (exact) mass is 408 g/mol. The molecule has 0 amide bonds. The molecule has 3 rings (SSSR count). The van der Waals surface area contributed by atoms with Crippen LogP contribution in [0.4, 0.5) is 0 Å². The molecule has 0 aliphatic heterocycles. The van der Waals surface area contributed by atoms with Crippen molar-refractivity contribution >= 4 is 24.5 Å². The zero-order valence-corrected chi connectivity index (χ0v) is 19.7. The van der Waals surface area contributed by atoms with Crippen molar-refractivity contribution in [2.24, 2.45) is 17.8 Å². The lowest BCUT2D eigenvalue weighted by Gasteiger charge is -2.44. The molecule has 156 valence electrons. The number of hydrogen-bond donors (Lipinski definition) is 0. The van der Waals surface area contributed by atoms with Gasteiger partial charge >= 0.3 is 0 Å². The van der Waals surface area contributed by atoms with Gasteiger partial charge in [-0.05, 0) is 40.1 Å². The Morgan fingerprint density at radius 1 is 1.00 bits per heavy atom. The summed E-state index contributed by atoms with van der Waals surface area (Å²) in [6.07, 6.45) is 2.77. The first-order chi connectivity index (χ1) is 13.8. The SMILES string of the molecule is C[C@@H]1CCC(=O)[C@H]([C@@H](C)CO[Si](c2ccccc2)(c2ccccc2)C(C)(C)C)C1. The van der Waals surface area contributed by atoms with E-state index in [0.29, 0.717) is 18.3 Å². The summed E-state index contributed by atoms with van der Waals surface area (Å²) in [6, 6.07) is 21.5. The quantitative estimate of drug-likeness (QED) is 0.614. The highest BCUT2D eigenvalue weighted by Gasteiger charge is 2.50. The van der Waals surface area contributed by atoms with E-state index in [9.17, 15) is 4.79 Å². The van der Waals surface area contributed by atoms with Gasteiger partial charge in [-0.15, -0.1) is 0 Å². The summed E-state index contributed by atoms with van der Waals surface area (Å²) in [4.78, 5) is 12.6. The minimum absolute atomic E-state index is 0.0285. The number of benzene rings is 2. The maximum atomic E-state index is 12.6. The highest BCUT2D eigenvalue weighted by Crippen LogP contribution is 2.38. The largest absolute Gasteiger partial charge is 0.407 e. The van der Waals surface area contributed by atoms with Gasteiger partial charge in [-0.25, -0.2) is 0 Å². The first-order valence-electron chi connectivity index (χ1n) is 11.0. The maximum Gasteiger partial charge on any atom is 0.261 e. The van der Waals surface area contributed by atoms with Crippen LogP contribution in [0, 0.1) is 17.8 Å². The molecular formula is C26H36O2Si. The Kier molecular flexibility index (Phi) is 6.80. The van der Waals surface area contributed by atoms with Gasteiger partial charge in [0.25, 0.3) is 8.32 Å². The first kappa shape index (κ1) is 22.0. The maximum absolute atomic E-state index is 12.6. The molecule has 2 nitrogen and oxygen atoms in total. The molecule has 0 unspecified atom stereocenters. The number of Topliss-reactive ketones (excluding diaryl/α,β-unsaturated/α-hetero) is 1. The van der Waals surface area contributed by atoms with Gasteiger partial charge in [0.2, 0.25) is 0 Å². The Hall–Kier alpha value is -1.71. The van der Waals surface area contributed by atoms with Crippen LogP contribution in [-0.4, -0.2) is 20.7 Å². The van der Waals surface area contributed by atoms with Crippen molar-refractivity contribution in [1.29, 1.82) is 0 Å². The van der Waals surface area contributed by atoms with Crippen molar-refractivity contribution < 1.29 is 9.22 Å². The fourth-order valence-electron chi connectivity index (χ4n) is 4.94. The van der Waals surface area contributed by atoms with E-state index in [1.54, 1.807) is 0 Å². The smallest absolute Gasteiger partial charge is 0.261 e. The molecule has 0 N–H and O–H groups in total. The van der Waals surface area contributed by atoms with Gasteiger partial charge in [0.1, 0.15) is 5.78 Å². The summed E-state index contributed by atoms with van der Waals surface area (Å²) in [7, 11) is -2.53. The molecule has 0 bridgehead atoms. The van der Waals surface area contributed by atoms with E-state index in [1.807, 2.05) is 0 Å². The van der Waals surface area contributed by atoms with Crippen molar-refractivity contribution in [2.75, 3.05) is 6.61 Å².